The Balaban J connectivity index is 1.75. The molecule has 1 atom stereocenters. The number of nitrogens with zero attached hydrogens (tertiary/aromatic N) is 2. The summed E-state index contributed by atoms with van der Waals surface area (Å²) in [5.41, 5.74) is 1.75. The van der Waals surface area contributed by atoms with Crippen LogP contribution in [0.4, 0.5) is 0 Å². The third-order valence-corrected chi connectivity index (χ3v) is 3.99. The lowest BCUT2D eigenvalue weighted by atomic mass is 10.1. The van der Waals surface area contributed by atoms with E-state index in [0.29, 0.717) is 25.3 Å². The van der Waals surface area contributed by atoms with Crippen LogP contribution in [0, 0.1) is 0 Å². The summed E-state index contributed by atoms with van der Waals surface area (Å²) in [7, 11) is 0. The maximum Gasteiger partial charge on any atom is 0.254 e. The van der Waals surface area contributed by atoms with E-state index in [4.69, 9.17) is 4.74 Å². The van der Waals surface area contributed by atoms with Crippen molar-refractivity contribution in [3.05, 3.63) is 64.4 Å². The van der Waals surface area contributed by atoms with E-state index in [9.17, 15) is 4.79 Å². The molecule has 21 heavy (non-hydrogen) atoms. The van der Waals surface area contributed by atoms with Crippen molar-refractivity contribution < 1.29 is 9.53 Å². The molecule has 1 saturated heterocycles. The first-order valence-electron chi connectivity index (χ1n) is 6.80. The Morgan fingerprint density at radius 3 is 2.86 bits per heavy atom. The first-order chi connectivity index (χ1) is 10.2. The van der Waals surface area contributed by atoms with Gasteiger partial charge in [0.15, 0.2) is 0 Å². The van der Waals surface area contributed by atoms with Crippen LogP contribution < -0.4 is 0 Å². The molecule has 1 aliphatic rings. The van der Waals surface area contributed by atoms with Crippen LogP contribution in [0.3, 0.4) is 0 Å². The monoisotopic (exact) mass is 346 g/mol. The van der Waals surface area contributed by atoms with Gasteiger partial charge in [-0.05, 0) is 29.8 Å². The van der Waals surface area contributed by atoms with E-state index in [1.165, 1.54) is 0 Å². The van der Waals surface area contributed by atoms with Crippen LogP contribution in [-0.4, -0.2) is 35.5 Å². The number of amides is 1. The largest absolute Gasteiger partial charge is 0.370 e. The smallest absolute Gasteiger partial charge is 0.254 e. The van der Waals surface area contributed by atoms with Gasteiger partial charge in [-0.1, -0.05) is 28.1 Å². The third kappa shape index (κ3) is 3.31. The molecule has 0 spiro atoms. The minimum absolute atomic E-state index is 0.0284. The third-order valence-electron chi connectivity index (χ3n) is 3.50. The average molecular weight is 347 g/mol. The highest BCUT2D eigenvalue weighted by molar-refractivity contribution is 9.10. The lowest BCUT2D eigenvalue weighted by molar-refractivity contribution is -0.0228. The lowest BCUT2D eigenvalue weighted by Crippen LogP contribution is -2.42. The number of halogens is 1. The zero-order valence-corrected chi connectivity index (χ0v) is 13.0. The summed E-state index contributed by atoms with van der Waals surface area (Å²) in [5, 5.41) is 0. The van der Waals surface area contributed by atoms with Crippen molar-refractivity contribution >= 4 is 21.8 Å². The zero-order chi connectivity index (χ0) is 14.7. The first kappa shape index (κ1) is 14.2. The summed E-state index contributed by atoms with van der Waals surface area (Å²) < 4.78 is 6.82. The molecule has 1 unspecified atom stereocenters. The Morgan fingerprint density at radius 2 is 2.10 bits per heavy atom. The van der Waals surface area contributed by atoms with Gasteiger partial charge in [0.2, 0.25) is 0 Å². The SMILES string of the molecule is O=C(c1ccncc1)N1CCOC(c2cccc(Br)c2)C1. The van der Waals surface area contributed by atoms with Crippen molar-refractivity contribution in [3.63, 3.8) is 0 Å². The fourth-order valence-corrected chi connectivity index (χ4v) is 2.84. The molecular formula is C16H15BrN2O2. The van der Waals surface area contributed by atoms with Gasteiger partial charge in [-0.25, -0.2) is 0 Å². The number of hydrogen-bond acceptors (Lipinski definition) is 3. The van der Waals surface area contributed by atoms with Crippen LogP contribution in [-0.2, 0) is 4.74 Å². The van der Waals surface area contributed by atoms with Crippen LogP contribution in [0.25, 0.3) is 0 Å². The molecule has 0 aliphatic carbocycles. The van der Waals surface area contributed by atoms with Crippen LogP contribution in [0.1, 0.15) is 22.0 Å². The molecule has 108 valence electrons. The number of ether oxygens (including phenoxy) is 1. The number of carbonyl (C=O) groups excluding carboxylic acids is 1. The minimum Gasteiger partial charge on any atom is -0.370 e. The van der Waals surface area contributed by atoms with Gasteiger partial charge in [0, 0.05) is 29.0 Å². The van der Waals surface area contributed by atoms with Gasteiger partial charge in [-0.15, -0.1) is 0 Å². The summed E-state index contributed by atoms with van der Waals surface area (Å²) in [6.07, 6.45) is 3.20. The van der Waals surface area contributed by atoms with E-state index >= 15 is 0 Å². The predicted octanol–water partition coefficient (Wildman–Crippen LogP) is 3.06. The second kappa shape index (κ2) is 6.37. The number of aromatic nitrogens is 1. The summed E-state index contributed by atoms with van der Waals surface area (Å²) >= 11 is 3.47. The van der Waals surface area contributed by atoms with Crippen molar-refractivity contribution in [3.8, 4) is 0 Å². The van der Waals surface area contributed by atoms with Gasteiger partial charge >= 0.3 is 0 Å². The van der Waals surface area contributed by atoms with Crippen molar-refractivity contribution in [1.29, 1.82) is 0 Å². The molecule has 0 radical (unpaired) electrons. The number of benzene rings is 1. The number of carbonyl (C=O) groups is 1. The molecule has 0 bridgehead atoms. The zero-order valence-electron chi connectivity index (χ0n) is 11.4. The second-order valence-electron chi connectivity index (χ2n) is 4.90. The molecule has 1 aromatic heterocycles. The Hall–Kier alpha value is -1.72. The number of pyridine rings is 1. The molecule has 1 aliphatic heterocycles. The molecular weight excluding hydrogens is 332 g/mol. The highest BCUT2D eigenvalue weighted by Gasteiger charge is 2.26. The molecule has 1 fully saturated rings. The first-order valence-corrected chi connectivity index (χ1v) is 7.60. The van der Waals surface area contributed by atoms with Crippen LogP contribution in [0.15, 0.2) is 53.3 Å². The average Bonchev–Trinajstić information content (AvgIpc) is 2.55. The molecule has 4 nitrogen and oxygen atoms in total. The van der Waals surface area contributed by atoms with Gasteiger partial charge in [-0.2, -0.15) is 0 Å². The summed E-state index contributed by atoms with van der Waals surface area (Å²) in [5.74, 6) is 0.0284. The molecule has 3 rings (SSSR count). The van der Waals surface area contributed by atoms with Gasteiger partial charge in [0.1, 0.15) is 6.10 Å². The van der Waals surface area contributed by atoms with E-state index in [0.717, 1.165) is 10.0 Å². The molecule has 1 aromatic carbocycles. The van der Waals surface area contributed by atoms with Crippen molar-refractivity contribution in [2.24, 2.45) is 0 Å². The van der Waals surface area contributed by atoms with Crippen molar-refractivity contribution in [1.82, 2.24) is 9.88 Å². The summed E-state index contributed by atoms with van der Waals surface area (Å²) in [6.45, 7) is 1.73. The van der Waals surface area contributed by atoms with Gasteiger partial charge in [0.05, 0.1) is 13.2 Å². The topological polar surface area (TPSA) is 42.4 Å². The molecule has 0 N–H and O–H groups in total. The molecule has 2 heterocycles. The van der Waals surface area contributed by atoms with Crippen molar-refractivity contribution in [2.75, 3.05) is 19.7 Å². The summed E-state index contributed by atoms with van der Waals surface area (Å²) in [4.78, 5) is 18.3. The number of hydrogen-bond donors (Lipinski definition) is 0. The van der Waals surface area contributed by atoms with E-state index in [2.05, 4.69) is 20.9 Å². The number of morpholine rings is 1. The van der Waals surface area contributed by atoms with Gasteiger partial charge < -0.3 is 9.64 Å². The minimum atomic E-state index is -0.0814. The van der Waals surface area contributed by atoms with E-state index in [-0.39, 0.29) is 12.0 Å². The van der Waals surface area contributed by atoms with Crippen LogP contribution in [0.2, 0.25) is 0 Å². The predicted molar refractivity (Wildman–Crippen MR) is 83.0 cm³/mol. The Kier molecular flexibility index (Phi) is 4.31. The molecule has 0 saturated carbocycles. The van der Waals surface area contributed by atoms with Gasteiger partial charge in [0.25, 0.3) is 5.91 Å². The normalized spacial score (nSPS) is 18.5. The molecule has 5 heteroatoms. The fourth-order valence-electron chi connectivity index (χ4n) is 2.42. The molecule has 2 aromatic rings. The fraction of sp³-hybridized carbons (Fsp3) is 0.250. The van der Waals surface area contributed by atoms with Crippen molar-refractivity contribution in [2.45, 2.75) is 6.10 Å². The van der Waals surface area contributed by atoms with Gasteiger partial charge in [-0.3, -0.25) is 9.78 Å². The maximum atomic E-state index is 12.5. The van der Waals surface area contributed by atoms with Crippen LogP contribution >= 0.6 is 15.9 Å². The van der Waals surface area contributed by atoms with E-state index in [1.54, 1.807) is 24.5 Å². The second-order valence-corrected chi connectivity index (χ2v) is 5.82. The molecule has 1 amide bonds. The standard InChI is InChI=1S/C16H15BrN2O2/c17-14-3-1-2-13(10-14)15-11-19(8-9-21-15)16(20)12-4-6-18-7-5-12/h1-7,10,15H,8-9,11H2. The number of rotatable bonds is 2. The highest BCUT2D eigenvalue weighted by Crippen LogP contribution is 2.25. The summed E-state index contributed by atoms with van der Waals surface area (Å²) in [6, 6.07) is 11.5. The van der Waals surface area contributed by atoms with E-state index in [1.807, 2.05) is 29.2 Å². The highest BCUT2D eigenvalue weighted by atomic mass is 79.9. The Labute approximate surface area is 131 Å². The Bertz CT molecular complexity index is 633. The Morgan fingerprint density at radius 1 is 1.29 bits per heavy atom. The quantitative estimate of drug-likeness (QED) is 0.839. The van der Waals surface area contributed by atoms with E-state index < -0.39 is 0 Å². The maximum absolute atomic E-state index is 12.5. The lowest BCUT2D eigenvalue weighted by Gasteiger charge is -2.33. The van der Waals surface area contributed by atoms with Crippen LogP contribution in [0.5, 0.6) is 0 Å².